The van der Waals surface area contributed by atoms with Crippen LogP contribution < -0.4 is 9.64 Å². The Morgan fingerprint density at radius 2 is 1.85 bits per heavy atom. The molecule has 0 N–H and O–H groups in total. The molecule has 15 heteroatoms. The number of alkyl halides is 3. The number of carbonyl (C=O) groups is 1. The SMILES string of the molecule is COc1c(CN2C(=O)CCn3nc(-c4c(Cl)cnn4C(C)C)nc32)ccc(-c2nc(C(F)(F)F)cn2C(C)C)c1F. The Bertz CT molecular complexity index is 1620. The summed E-state index contributed by atoms with van der Waals surface area (Å²) in [5.41, 5.74) is -0.509. The molecule has 0 aliphatic carbocycles. The Hall–Kier alpha value is -3.94. The molecular weight excluding hydrogens is 568 g/mol. The molecule has 1 aliphatic heterocycles. The minimum absolute atomic E-state index is 0.0278. The number of hydrogen-bond donors (Lipinski definition) is 0. The van der Waals surface area contributed by atoms with Gasteiger partial charge in [0.05, 0.1) is 37.0 Å². The number of nitrogens with zero attached hydrogens (tertiary/aromatic N) is 8. The van der Waals surface area contributed by atoms with Crippen molar-refractivity contribution in [3.05, 3.63) is 46.6 Å². The second-order valence-electron chi connectivity index (χ2n) is 10.1. The number of rotatable bonds is 7. The number of amides is 1. The van der Waals surface area contributed by atoms with E-state index in [-0.39, 0.29) is 65.9 Å². The van der Waals surface area contributed by atoms with Crippen molar-refractivity contribution in [3.63, 3.8) is 0 Å². The Balaban J connectivity index is 1.54. The van der Waals surface area contributed by atoms with Crippen LogP contribution in [0.15, 0.2) is 24.5 Å². The molecule has 0 spiro atoms. The number of benzene rings is 1. The molecule has 0 fully saturated rings. The third-order valence-electron chi connectivity index (χ3n) is 6.72. The van der Waals surface area contributed by atoms with Crippen LogP contribution in [0.5, 0.6) is 5.75 Å². The molecule has 0 saturated carbocycles. The van der Waals surface area contributed by atoms with E-state index in [4.69, 9.17) is 16.3 Å². The van der Waals surface area contributed by atoms with Gasteiger partial charge >= 0.3 is 6.18 Å². The van der Waals surface area contributed by atoms with Crippen LogP contribution in [-0.2, 0) is 24.1 Å². The summed E-state index contributed by atoms with van der Waals surface area (Å²) in [6, 6.07) is 2.38. The third kappa shape index (κ3) is 5.04. The van der Waals surface area contributed by atoms with Gasteiger partial charge in [0.15, 0.2) is 17.3 Å². The van der Waals surface area contributed by atoms with Crippen LogP contribution in [0.1, 0.15) is 57.5 Å². The van der Waals surface area contributed by atoms with Crippen molar-refractivity contribution in [1.82, 2.24) is 34.1 Å². The number of aryl methyl sites for hydroxylation is 1. The molecule has 0 atom stereocenters. The summed E-state index contributed by atoms with van der Waals surface area (Å²) in [6.45, 7) is 7.36. The molecule has 1 amide bonds. The predicted molar refractivity (Wildman–Crippen MR) is 142 cm³/mol. The van der Waals surface area contributed by atoms with E-state index >= 15 is 4.39 Å². The maximum Gasteiger partial charge on any atom is 0.434 e. The molecule has 41 heavy (non-hydrogen) atoms. The van der Waals surface area contributed by atoms with E-state index in [1.54, 1.807) is 23.2 Å². The zero-order valence-electron chi connectivity index (χ0n) is 22.9. The average molecular weight is 595 g/mol. The molecule has 3 aromatic heterocycles. The summed E-state index contributed by atoms with van der Waals surface area (Å²) in [5.74, 6) is -1.06. The lowest BCUT2D eigenvalue weighted by atomic mass is 10.1. The lowest BCUT2D eigenvalue weighted by Crippen LogP contribution is -2.37. The van der Waals surface area contributed by atoms with Gasteiger partial charge in [-0.15, -0.1) is 5.10 Å². The highest BCUT2D eigenvalue weighted by Gasteiger charge is 2.36. The van der Waals surface area contributed by atoms with E-state index < -0.39 is 23.7 Å². The van der Waals surface area contributed by atoms with Crippen molar-refractivity contribution in [2.75, 3.05) is 12.0 Å². The second kappa shape index (κ2) is 10.5. The summed E-state index contributed by atoms with van der Waals surface area (Å²) in [4.78, 5) is 22.7. The normalized spacial score (nSPS) is 14.0. The number of carbonyl (C=O) groups excluding carboxylic acids is 1. The summed E-state index contributed by atoms with van der Waals surface area (Å²) < 4.78 is 65.9. The van der Waals surface area contributed by atoms with Gasteiger partial charge in [-0.25, -0.2) is 14.1 Å². The zero-order chi connectivity index (χ0) is 29.8. The highest BCUT2D eigenvalue weighted by atomic mass is 35.5. The summed E-state index contributed by atoms with van der Waals surface area (Å²) in [5, 5.41) is 9.18. The fourth-order valence-electron chi connectivity index (χ4n) is 4.74. The van der Waals surface area contributed by atoms with Gasteiger partial charge in [0.1, 0.15) is 11.5 Å². The Labute approximate surface area is 237 Å². The number of anilines is 1. The molecule has 0 unspecified atom stereocenters. The molecule has 0 saturated heterocycles. The topological polar surface area (TPSA) is 95.9 Å². The molecule has 4 aromatic rings. The van der Waals surface area contributed by atoms with Gasteiger partial charge in [-0.1, -0.05) is 17.7 Å². The summed E-state index contributed by atoms with van der Waals surface area (Å²) in [7, 11) is 1.25. The molecule has 5 rings (SSSR count). The van der Waals surface area contributed by atoms with Gasteiger partial charge in [0.2, 0.25) is 17.7 Å². The maximum atomic E-state index is 15.8. The van der Waals surface area contributed by atoms with Crippen LogP contribution in [0, 0.1) is 5.82 Å². The lowest BCUT2D eigenvalue weighted by molar-refractivity contribution is -0.141. The quantitative estimate of drug-likeness (QED) is 0.246. The van der Waals surface area contributed by atoms with Crippen LogP contribution in [0.2, 0.25) is 5.02 Å². The highest BCUT2D eigenvalue weighted by Crippen LogP contribution is 2.38. The fourth-order valence-corrected chi connectivity index (χ4v) is 4.95. The number of aromatic nitrogens is 7. The average Bonchev–Trinajstić information content (AvgIpc) is 3.62. The van der Waals surface area contributed by atoms with E-state index in [1.807, 2.05) is 13.8 Å². The second-order valence-corrected chi connectivity index (χ2v) is 10.5. The van der Waals surface area contributed by atoms with Crippen molar-refractivity contribution in [2.45, 2.75) is 65.5 Å². The number of fused-ring (bicyclic) bond motifs is 1. The number of imidazole rings is 1. The van der Waals surface area contributed by atoms with E-state index in [0.29, 0.717) is 10.7 Å². The highest BCUT2D eigenvalue weighted by molar-refractivity contribution is 6.32. The Morgan fingerprint density at radius 1 is 1.12 bits per heavy atom. The molecular formula is C26H27ClF4N8O2. The third-order valence-corrected chi connectivity index (χ3v) is 6.99. The number of ether oxygens (including phenoxy) is 1. The smallest absolute Gasteiger partial charge is 0.434 e. The molecule has 10 nitrogen and oxygen atoms in total. The molecule has 0 radical (unpaired) electrons. The Morgan fingerprint density at radius 3 is 2.49 bits per heavy atom. The van der Waals surface area contributed by atoms with E-state index in [9.17, 15) is 18.0 Å². The van der Waals surface area contributed by atoms with Gasteiger partial charge in [0.25, 0.3) is 0 Å². The van der Waals surface area contributed by atoms with Gasteiger partial charge in [0, 0.05) is 30.3 Å². The van der Waals surface area contributed by atoms with E-state index in [1.165, 1.54) is 34.9 Å². The molecule has 4 heterocycles. The lowest BCUT2D eigenvalue weighted by Gasteiger charge is -2.26. The molecule has 1 aliphatic rings. The summed E-state index contributed by atoms with van der Waals surface area (Å²) >= 11 is 6.38. The first-order chi connectivity index (χ1) is 19.3. The minimum atomic E-state index is -4.70. The van der Waals surface area contributed by atoms with Crippen molar-refractivity contribution in [1.29, 1.82) is 0 Å². The minimum Gasteiger partial charge on any atom is -0.493 e. The summed E-state index contributed by atoms with van der Waals surface area (Å²) in [6.07, 6.45) is -2.22. The molecule has 0 bridgehead atoms. The first-order valence-corrected chi connectivity index (χ1v) is 13.2. The predicted octanol–water partition coefficient (Wildman–Crippen LogP) is 5.92. The van der Waals surface area contributed by atoms with Gasteiger partial charge < -0.3 is 9.30 Å². The van der Waals surface area contributed by atoms with Crippen molar-refractivity contribution >= 4 is 23.5 Å². The maximum absolute atomic E-state index is 15.8. The van der Waals surface area contributed by atoms with Crippen LogP contribution in [0.25, 0.3) is 22.9 Å². The van der Waals surface area contributed by atoms with Crippen LogP contribution in [-0.4, -0.2) is 47.1 Å². The number of methoxy groups -OCH3 is 1. The Kier molecular flexibility index (Phi) is 7.30. The first-order valence-electron chi connectivity index (χ1n) is 12.8. The van der Waals surface area contributed by atoms with Crippen molar-refractivity contribution in [2.24, 2.45) is 0 Å². The molecule has 218 valence electrons. The van der Waals surface area contributed by atoms with Crippen molar-refractivity contribution in [3.8, 4) is 28.7 Å². The van der Waals surface area contributed by atoms with Gasteiger partial charge in [-0.05, 0) is 33.8 Å². The van der Waals surface area contributed by atoms with E-state index in [0.717, 1.165) is 6.20 Å². The van der Waals surface area contributed by atoms with Gasteiger partial charge in [-0.3, -0.25) is 14.4 Å². The monoisotopic (exact) mass is 594 g/mol. The van der Waals surface area contributed by atoms with Crippen molar-refractivity contribution < 1.29 is 27.1 Å². The largest absolute Gasteiger partial charge is 0.493 e. The van der Waals surface area contributed by atoms with Crippen LogP contribution in [0.4, 0.5) is 23.5 Å². The zero-order valence-corrected chi connectivity index (χ0v) is 23.6. The molecule has 1 aromatic carbocycles. The van der Waals surface area contributed by atoms with Gasteiger partial charge in [-0.2, -0.15) is 23.3 Å². The van der Waals surface area contributed by atoms with Crippen LogP contribution in [0.3, 0.4) is 0 Å². The number of halogens is 5. The fraction of sp³-hybridized carbons (Fsp3) is 0.423. The number of hydrogen-bond acceptors (Lipinski definition) is 6. The van der Waals surface area contributed by atoms with Crippen LogP contribution >= 0.6 is 11.6 Å². The first kappa shape index (κ1) is 28.6. The standard InChI is InChI=1S/C26H27ClF4N8O2/c1-13(2)36-12-18(26(29,30)31)33-24(36)16-7-6-15(22(41-5)20(16)28)11-37-19(40)8-9-38-25(37)34-23(35-38)21-17(27)10-32-39(21)14(3)4/h6-7,10,12-14H,8-9,11H2,1-5H3. The van der Waals surface area contributed by atoms with E-state index in [2.05, 4.69) is 20.2 Å².